The Kier molecular flexibility index (Phi) is 3.08. The van der Waals surface area contributed by atoms with Gasteiger partial charge in [0.15, 0.2) is 5.78 Å². The van der Waals surface area contributed by atoms with E-state index in [9.17, 15) is 14.4 Å². The van der Waals surface area contributed by atoms with E-state index in [0.29, 0.717) is 24.8 Å². The molecule has 2 rings (SSSR count). The Balaban J connectivity index is 2.07. The van der Waals surface area contributed by atoms with Crippen LogP contribution in [0.1, 0.15) is 29.6 Å². The first-order chi connectivity index (χ1) is 8.08. The van der Waals surface area contributed by atoms with Crippen molar-refractivity contribution in [3.05, 3.63) is 24.0 Å². The van der Waals surface area contributed by atoms with Gasteiger partial charge < -0.3 is 4.57 Å². The fraction of sp³-hybridized carbons (Fsp3) is 0.417. The highest BCUT2D eigenvalue weighted by Crippen LogP contribution is 2.13. The van der Waals surface area contributed by atoms with E-state index in [0.717, 1.165) is 4.90 Å². The maximum atomic E-state index is 11.9. The molecule has 5 nitrogen and oxygen atoms in total. The third kappa shape index (κ3) is 2.43. The zero-order chi connectivity index (χ0) is 12.4. The average Bonchev–Trinajstić information content (AvgIpc) is 2.70. The van der Waals surface area contributed by atoms with Crippen LogP contribution in [0.25, 0.3) is 0 Å². The van der Waals surface area contributed by atoms with E-state index in [4.69, 9.17) is 0 Å². The zero-order valence-electron chi connectivity index (χ0n) is 9.68. The third-order valence-corrected chi connectivity index (χ3v) is 2.84. The van der Waals surface area contributed by atoms with Crippen molar-refractivity contribution in [3.63, 3.8) is 0 Å². The maximum absolute atomic E-state index is 11.9. The lowest BCUT2D eigenvalue weighted by atomic mass is 10.1. The molecule has 1 aliphatic rings. The summed E-state index contributed by atoms with van der Waals surface area (Å²) < 4.78 is 1.76. The van der Waals surface area contributed by atoms with E-state index >= 15 is 0 Å². The first-order valence-corrected chi connectivity index (χ1v) is 5.56. The molecule has 0 aliphatic carbocycles. The first kappa shape index (κ1) is 11.6. The highest BCUT2D eigenvalue weighted by Gasteiger charge is 2.27. The van der Waals surface area contributed by atoms with Crippen LogP contribution in [0.15, 0.2) is 18.5 Å². The summed E-state index contributed by atoms with van der Waals surface area (Å²) in [6, 6.07) is 1.68. The minimum Gasteiger partial charge on any atom is -0.357 e. The second-order valence-electron chi connectivity index (χ2n) is 4.22. The molecule has 0 spiro atoms. The van der Waals surface area contributed by atoms with Crippen LogP contribution in [0.5, 0.6) is 0 Å². The lowest BCUT2D eigenvalue weighted by molar-refractivity contribution is -0.147. The van der Waals surface area contributed by atoms with Crippen LogP contribution in [-0.2, 0) is 16.6 Å². The van der Waals surface area contributed by atoms with E-state index in [1.54, 1.807) is 23.0 Å². The molecule has 0 bridgehead atoms. The summed E-state index contributed by atoms with van der Waals surface area (Å²) in [5.74, 6) is -0.690. The Morgan fingerprint density at radius 2 is 1.94 bits per heavy atom. The van der Waals surface area contributed by atoms with Crippen molar-refractivity contribution in [2.75, 3.05) is 6.54 Å². The number of hydrogen-bond acceptors (Lipinski definition) is 3. The SMILES string of the molecule is Cn1ccc(C(=O)CN2C(=O)CCCC2=O)c1. The Hall–Kier alpha value is -1.91. The summed E-state index contributed by atoms with van der Waals surface area (Å²) in [7, 11) is 1.81. The van der Waals surface area contributed by atoms with Crippen LogP contribution >= 0.6 is 0 Å². The van der Waals surface area contributed by atoms with Gasteiger partial charge in [-0.25, -0.2) is 0 Å². The second kappa shape index (κ2) is 4.53. The molecular formula is C12H14N2O3. The van der Waals surface area contributed by atoms with Crippen molar-refractivity contribution >= 4 is 17.6 Å². The topological polar surface area (TPSA) is 59.4 Å². The van der Waals surface area contributed by atoms with Gasteiger partial charge >= 0.3 is 0 Å². The van der Waals surface area contributed by atoms with Gasteiger partial charge in [-0.2, -0.15) is 0 Å². The summed E-state index contributed by atoms with van der Waals surface area (Å²) in [4.78, 5) is 36.0. The molecule has 17 heavy (non-hydrogen) atoms. The molecule has 0 saturated carbocycles. The van der Waals surface area contributed by atoms with Crippen molar-refractivity contribution in [2.45, 2.75) is 19.3 Å². The van der Waals surface area contributed by atoms with Crippen molar-refractivity contribution < 1.29 is 14.4 Å². The molecule has 1 fully saturated rings. The van der Waals surface area contributed by atoms with Gasteiger partial charge in [-0.15, -0.1) is 0 Å². The van der Waals surface area contributed by atoms with Gasteiger partial charge in [0.1, 0.15) is 0 Å². The van der Waals surface area contributed by atoms with Crippen molar-refractivity contribution in [2.24, 2.45) is 7.05 Å². The molecule has 1 aromatic heterocycles. The molecule has 0 N–H and O–H groups in total. The molecule has 0 unspecified atom stereocenters. The van der Waals surface area contributed by atoms with E-state index in [-0.39, 0.29) is 24.1 Å². The molecular weight excluding hydrogens is 220 g/mol. The number of amides is 2. The fourth-order valence-corrected chi connectivity index (χ4v) is 1.88. The van der Waals surface area contributed by atoms with Crippen LogP contribution in [0, 0.1) is 0 Å². The number of aryl methyl sites for hydroxylation is 1. The summed E-state index contributed by atoms with van der Waals surface area (Å²) in [6.07, 6.45) is 4.74. The minimum atomic E-state index is -0.245. The smallest absolute Gasteiger partial charge is 0.229 e. The molecule has 5 heteroatoms. The van der Waals surface area contributed by atoms with Crippen LogP contribution in [0.4, 0.5) is 0 Å². The fourth-order valence-electron chi connectivity index (χ4n) is 1.88. The van der Waals surface area contributed by atoms with E-state index in [1.807, 2.05) is 7.05 Å². The monoisotopic (exact) mass is 234 g/mol. The van der Waals surface area contributed by atoms with E-state index < -0.39 is 0 Å². The number of ketones is 1. The lowest BCUT2D eigenvalue weighted by Gasteiger charge is -2.23. The summed E-state index contributed by atoms with van der Waals surface area (Å²) in [5, 5.41) is 0. The van der Waals surface area contributed by atoms with Crippen LogP contribution < -0.4 is 0 Å². The number of rotatable bonds is 3. The zero-order valence-corrected chi connectivity index (χ0v) is 9.68. The largest absolute Gasteiger partial charge is 0.357 e. The van der Waals surface area contributed by atoms with Crippen LogP contribution in [0.2, 0.25) is 0 Å². The second-order valence-corrected chi connectivity index (χ2v) is 4.22. The molecule has 0 atom stereocenters. The van der Waals surface area contributed by atoms with Crippen molar-refractivity contribution in [1.82, 2.24) is 9.47 Å². The Labute approximate surface area is 99.0 Å². The van der Waals surface area contributed by atoms with Crippen LogP contribution in [0.3, 0.4) is 0 Å². The van der Waals surface area contributed by atoms with E-state index in [2.05, 4.69) is 0 Å². The molecule has 0 radical (unpaired) electrons. The van der Waals surface area contributed by atoms with Gasteiger partial charge in [0, 0.05) is 37.8 Å². The van der Waals surface area contributed by atoms with Gasteiger partial charge in [0.2, 0.25) is 11.8 Å². The molecule has 1 aliphatic heterocycles. The quantitative estimate of drug-likeness (QED) is 0.572. The van der Waals surface area contributed by atoms with Crippen LogP contribution in [-0.4, -0.2) is 33.6 Å². The molecule has 0 aromatic carbocycles. The van der Waals surface area contributed by atoms with Crippen molar-refractivity contribution in [1.29, 1.82) is 0 Å². The number of carbonyl (C=O) groups excluding carboxylic acids is 3. The Morgan fingerprint density at radius 1 is 1.29 bits per heavy atom. The number of hydrogen-bond donors (Lipinski definition) is 0. The summed E-state index contributed by atoms with van der Waals surface area (Å²) in [6.45, 7) is -0.137. The Bertz CT molecular complexity index is 460. The highest BCUT2D eigenvalue weighted by atomic mass is 16.2. The summed E-state index contributed by atoms with van der Waals surface area (Å²) in [5.41, 5.74) is 0.527. The Morgan fingerprint density at radius 3 is 2.47 bits per heavy atom. The third-order valence-electron chi connectivity index (χ3n) is 2.84. The first-order valence-electron chi connectivity index (χ1n) is 5.56. The number of nitrogens with zero attached hydrogens (tertiary/aromatic N) is 2. The standard InChI is InChI=1S/C12H14N2O3/c1-13-6-5-9(7-13)10(15)8-14-11(16)3-2-4-12(14)17/h5-7H,2-4,8H2,1H3. The molecule has 2 amide bonds. The number of Topliss-reactive ketones (excluding diaryl/α,β-unsaturated/α-hetero) is 1. The van der Waals surface area contributed by atoms with Gasteiger partial charge in [0.25, 0.3) is 0 Å². The predicted octanol–water partition coefficient (Wildman–Crippen LogP) is 0.747. The predicted molar refractivity (Wildman–Crippen MR) is 60.3 cm³/mol. The molecule has 2 heterocycles. The number of piperidine rings is 1. The van der Waals surface area contributed by atoms with Gasteiger partial charge in [0.05, 0.1) is 6.54 Å². The number of aromatic nitrogens is 1. The normalized spacial score (nSPS) is 16.4. The number of likely N-dealkylation sites (tertiary alicyclic amines) is 1. The molecule has 90 valence electrons. The van der Waals surface area contributed by atoms with Gasteiger partial charge in [-0.3, -0.25) is 19.3 Å². The molecule has 1 aromatic rings. The number of carbonyl (C=O) groups is 3. The minimum absolute atomic E-state index is 0.137. The maximum Gasteiger partial charge on any atom is 0.229 e. The van der Waals surface area contributed by atoms with Gasteiger partial charge in [-0.05, 0) is 12.5 Å². The van der Waals surface area contributed by atoms with E-state index in [1.165, 1.54) is 0 Å². The average molecular weight is 234 g/mol. The van der Waals surface area contributed by atoms with Crippen molar-refractivity contribution in [3.8, 4) is 0 Å². The lowest BCUT2D eigenvalue weighted by Crippen LogP contribution is -2.43. The van der Waals surface area contributed by atoms with Gasteiger partial charge in [-0.1, -0.05) is 0 Å². The summed E-state index contributed by atoms with van der Waals surface area (Å²) >= 11 is 0. The molecule has 1 saturated heterocycles. The highest BCUT2D eigenvalue weighted by molar-refractivity contribution is 6.05. The number of imide groups is 1.